The molecule has 0 aliphatic carbocycles. The Bertz CT molecular complexity index is 2000. The number of benzene rings is 3. The van der Waals surface area contributed by atoms with E-state index in [0.29, 0.717) is 22.6 Å². The van der Waals surface area contributed by atoms with Gasteiger partial charge in [-0.2, -0.15) is 0 Å². The van der Waals surface area contributed by atoms with Crippen LogP contribution in [0.1, 0.15) is 64.7 Å². The Morgan fingerprint density at radius 3 is 2.30 bits per heavy atom. The Morgan fingerprint density at radius 2 is 1.52 bits per heavy atom. The summed E-state index contributed by atoms with van der Waals surface area (Å²) >= 11 is 0. The van der Waals surface area contributed by atoms with Crippen LogP contribution in [-0.4, -0.2) is 85.4 Å². The first-order valence-electron chi connectivity index (χ1n) is 17.4. The number of hydrogen-bond acceptors (Lipinski definition) is 11. The molecule has 1 atom stereocenters. The average molecular weight is 736 g/mol. The van der Waals surface area contributed by atoms with Crippen molar-refractivity contribution in [2.24, 2.45) is 5.16 Å². The van der Waals surface area contributed by atoms with Gasteiger partial charge in [-0.3, -0.25) is 19.2 Å². The number of para-hydroxylation sites is 1. The number of anilines is 1. The minimum absolute atomic E-state index is 0.00895. The van der Waals surface area contributed by atoms with Gasteiger partial charge in [0.05, 0.1) is 43.1 Å². The zero-order valence-electron chi connectivity index (χ0n) is 29.2. The van der Waals surface area contributed by atoms with Gasteiger partial charge >= 0.3 is 12.1 Å². The predicted octanol–water partition coefficient (Wildman–Crippen LogP) is 2.99. The third-order valence-corrected chi connectivity index (χ3v) is 8.54. The molecule has 2 N–H and O–H groups in total. The second-order valence-corrected chi connectivity index (χ2v) is 12.4. The number of rotatable bonds is 15. The lowest BCUT2D eigenvalue weighted by molar-refractivity contribution is -0.197. The monoisotopic (exact) mass is 735 g/mol. The molecular weight excluding hydrogens is 698 g/mol. The van der Waals surface area contributed by atoms with Crippen LogP contribution in [0.5, 0.6) is 0 Å². The fraction of sp³-hybridized carbons (Fsp3) is 0.308. The van der Waals surface area contributed by atoms with Crippen molar-refractivity contribution < 1.29 is 47.9 Å². The smallest absolute Gasteiger partial charge is 0.407 e. The Balaban J connectivity index is 0.854. The molecule has 0 spiro atoms. The van der Waals surface area contributed by atoms with Gasteiger partial charge in [0.25, 0.3) is 17.7 Å². The highest BCUT2D eigenvalue weighted by Gasteiger charge is 2.33. The number of carbonyl (C=O) groups is 6. The van der Waals surface area contributed by atoms with Crippen LogP contribution in [0.4, 0.5) is 10.5 Å². The number of nitrogens with one attached hydrogen (secondary N) is 2. The molecule has 15 heteroatoms. The van der Waals surface area contributed by atoms with Crippen LogP contribution in [0.25, 0.3) is 0 Å². The number of hydrogen-bond donors (Lipinski definition) is 2. The zero-order valence-corrected chi connectivity index (χ0v) is 29.2. The summed E-state index contributed by atoms with van der Waals surface area (Å²) in [4.78, 5) is 84.8. The number of fused-ring (bicyclic) bond motifs is 2. The third-order valence-electron chi connectivity index (χ3n) is 8.54. The lowest BCUT2D eigenvalue weighted by Crippen LogP contribution is -2.39. The number of nitrogens with zero attached hydrogens (tertiary/aromatic N) is 3. The van der Waals surface area contributed by atoms with Crippen molar-refractivity contribution in [1.82, 2.24) is 15.7 Å². The summed E-state index contributed by atoms with van der Waals surface area (Å²) in [5, 5.41) is 9.92. The van der Waals surface area contributed by atoms with E-state index in [-0.39, 0.29) is 77.1 Å². The van der Waals surface area contributed by atoms with E-state index in [1.807, 2.05) is 66.7 Å². The molecule has 3 aromatic carbocycles. The third kappa shape index (κ3) is 9.66. The molecule has 0 aromatic heterocycles. The molecule has 0 bridgehead atoms. The SMILES string of the molecule is O=C(CCC(=O)ON1C(=O)CCC1=O)NCCOCCNC(=O)OCc1ccc(C2=NOC(CN3C(=O)c4ccccc4C#Cc4ccccc43)C2)cc1. The number of amides is 5. The first-order chi connectivity index (χ1) is 26.2. The highest BCUT2D eigenvalue weighted by molar-refractivity contribution is 6.09. The highest BCUT2D eigenvalue weighted by atomic mass is 16.7. The highest BCUT2D eigenvalue weighted by Crippen LogP contribution is 2.28. The van der Waals surface area contributed by atoms with E-state index in [0.717, 1.165) is 28.1 Å². The second-order valence-electron chi connectivity index (χ2n) is 12.4. The molecule has 6 rings (SSSR count). The lowest BCUT2D eigenvalue weighted by Gasteiger charge is -2.27. The van der Waals surface area contributed by atoms with E-state index in [2.05, 4.69) is 27.6 Å². The van der Waals surface area contributed by atoms with E-state index < -0.39 is 29.8 Å². The molecular formula is C39H37N5O10. The van der Waals surface area contributed by atoms with Gasteiger partial charge in [-0.1, -0.05) is 65.5 Å². The quantitative estimate of drug-likeness (QED) is 0.134. The molecule has 54 heavy (non-hydrogen) atoms. The van der Waals surface area contributed by atoms with Gasteiger partial charge in [-0.05, 0) is 35.4 Å². The number of imide groups is 1. The number of oxime groups is 1. The Labute approximate surface area is 310 Å². The van der Waals surface area contributed by atoms with Crippen molar-refractivity contribution >= 4 is 47.1 Å². The molecule has 0 radical (unpaired) electrons. The summed E-state index contributed by atoms with van der Waals surface area (Å²) in [7, 11) is 0. The van der Waals surface area contributed by atoms with Crippen molar-refractivity contribution in [3.05, 3.63) is 101 Å². The van der Waals surface area contributed by atoms with E-state index in [1.165, 1.54) is 0 Å². The van der Waals surface area contributed by atoms with Crippen LogP contribution in [0, 0.1) is 11.8 Å². The summed E-state index contributed by atoms with van der Waals surface area (Å²) in [6, 6.07) is 22.3. The van der Waals surface area contributed by atoms with Crippen LogP contribution in [-0.2, 0) is 44.9 Å². The second kappa shape index (κ2) is 17.8. The van der Waals surface area contributed by atoms with Gasteiger partial charge in [0.15, 0.2) is 6.10 Å². The van der Waals surface area contributed by atoms with E-state index >= 15 is 0 Å². The number of ether oxygens (including phenoxy) is 2. The van der Waals surface area contributed by atoms with Crippen molar-refractivity contribution in [1.29, 1.82) is 0 Å². The summed E-state index contributed by atoms with van der Waals surface area (Å²) in [6.07, 6.45) is -0.981. The number of alkyl carbamates (subject to hydrolysis) is 1. The summed E-state index contributed by atoms with van der Waals surface area (Å²) in [5.74, 6) is 3.72. The van der Waals surface area contributed by atoms with Crippen molar-refractivity contribution in [3.63, 3.8) is 0 Å². The topological polar surface area (TPSA) is 182 Å². The van der Waals surface area contributed by atoms with Gasteiger partial charge in [0.1, 0.15) is 6.61 Å². The minimum Gasteiger partial charge on any atom is -0.445 e. The molecule has 0 saturated carbocycles. The molecule has 5 amide bonds. The Morgan fingerprint density at radius 1 is 0.833 bits per heavy atom. The fourth-order valence-electron chi connectivity index (χ4n) is 5.76. The first kappa shape index (κ1) is 37.2. The molecule has 278 valence electrons. The van der Waals surface area contributed by atoms with Crippen LogP contribution in [0.3, 0.4) is 0 Å². The molecule has 3 heterocycles. The van der Waals surface area contributed by atoms with Gasteiger partial charge in [-0.25, -0.2) is 9.59 Å². The largest absolute Gasteiger partial charge is 0.445 e. The summed E-state index contributed by atoms with van der Waals surface area (Å²) in [5.41, 5.74) is 5.06. The number of hydroxylamine groups is 2. The van der Waals surface area contributed by atoms with Gasteiger partial charge in [-0.15, -0.1) is 5.06 Å². The van der Waals surface area contributed by atoms with Crippen LogP contribution >= 0.6 is 0 Å². The lowest BCUT2D eigenvalue weighted by atomic mass is 10.0. The summed E-state index contributed by atoms with van der Waals surface area (Å²) < 4.78 is 10.7. The number of carbonyl (C=O) groups excluding carboxylic acids is 6. The van der Waals surface area contributed by atoms with Crippen molar-refractivity contribution in [2.75, 3.05) is 37.7 Å². The molecule has 3 aliphatic heterocycles. The molecule has 1 fully saturated rings. The summed E-state index contributed by atoms with van der Waals surface area (Å²) in [6.45, 7) is 1.03. The maximum Gasteiger partial charge on any atom is 0.407 e. The Hall–Kier alpha value is -6.53. The van der Waals surface area contributed by atoms with Crippen molar-refractivity contribution in [3.8, 4) is 11.8 Å². The van der Waals surface area contributed by atoms with Gasteiger partial charge < -0.3 is 34.7 Å². The van der Waals surface area contributed by atoms with E-state index in [9.17, 15) is 28.8 Å². The molecule has 1 unspecified atom stereocenters. The zero-order chi connectivity index (χ0) is 37.9. The normalized spacial score (nSPS) is 15.8. The standard InChI is InChI=1S/C39H37N5O10/c45-34(15-18-37(48)54-44-35(46)16-17-36(44)47)40-19-21-51-22-20-41-39(50)52-25-26-9-11-28(12-10-26)32-23-30(53-42-32)24-43-33-8-4-2-6-29(33)14-13-27-5-1-3-7-31(27)38(43)49/h1-12,30H,15-25H2,(H,40,45)(H,41,50). The van der Waals surface area contributed by atoms with Crippen LogP contribution < -0.4 is 15.5 Å². The van der Waals surface area contributed by atoms with Crippen LogP contribution in [0.15, 0.2) is 78.0 Å². The van der Waals surface area contributed by atoms with Gasteiger partial charge in [0, 0.05) is 49.9 Å². The maximum absolute atomic E-state index is 13.7. The fourth-order valence-corrected chi connectivity index (χ4v) is 5.76. The molecule has 15 nitrogen and oxygen atoms in total. The average Bonchev–Trinajstić information content (AvgIpc) is 3.79. The molecule has 3 aliphatic rings. The molecule has 3 aromatic rings. The maximum atomic E-state index is 13.7. The first-order valence-corrected chi connectivity index (χ1v) is 17.4. The Kier molecular flexibility index (Phi) is 12.3. The van der Waals surface area contributed by atoms with Crippen LogP contribution in [0.2, 0.25) is 0 Å². The van der Waals surface area contributed by atoms with Gasteiger partial charge in [0.2, 0.25) is 5.91 Å². The minimum atomic E-state index is -0.853. The van der Waals surface area contributed by atoms with E-state index in [1.54, 1.807) is 11.0 Å². The van der Waals surface area contributed by atoms with E-state index in [4.69, 9.17) is 19.1 Å². The predicted molar refractivity (Wildman–Crippen MR) is 191 cm³/mol. The van der Waals surface area contributed by atoms with Crippen molar-refractivity contribution in [2.45, 2.75) is 44.8 Å². The molecule has 1 saturated heterocycles.